The molecule has 2 aromatic heterocycles. The van der Waals surface area contributed by atoms with Crippen LogP contribution < -0.4 is 177 Å². The molecule has 2 heterocycles. The molecule has 2 N–H and O–H groups in total. The van der Waals surface area contributed by atoms with Gasteiger partial charge in [0.25, 0.3) is 6.47 Å². The summed E-state index contributed by atoms with van der Waals surface area (Å²) >= 11 is 8.80. The second-order valence-corrected chi connectivity index (χ2v) is 35.2. The largest absolute Gasteiger partial charge is 1.00 e. The van der Waals surface area contributed by atoms with Crippen molar-refractivity contribution < 1.29 is 150 Å². The Bertz CT molecular complexity index is 4210. The molecule has 0 fully saturated rings. The summed E-state index contributed by atoms with van der Waals surface area (Å²) in [5, 5.41) is 42.4. The van der Waals surface area contributed by atoms with Gasteiger partial charge < -0.3 is 21.6 Å². The first-order valence-corrected chi connectivity index (χ1v) is 43.1. The van der Waals surface area contributed by atoms with Gasteiger partial charge in [-0.2, -0.15) is 0 Å². The van der Waals surface area contributed by atoms with Gasteiger partial charge in [-0.15, -0.1) is 0 Å². The van der Waals surface area contributed by atoms with Crippen LogP contribution in [0.4, 0.5) is 0 Å². The van der Waals surface area contributed by atoms with Crippen LogP contribution in [0.25, 0.3) is 11.3 Å². The molecule has 7 nitrogen and oxygen atoms in total. The van der Waals surface area contributed by atoms with E-state index in [4.69, 9.17) is 20.1 Å². The van der Waals surface area contributed by atoms with Gasteiger partial charge in [0.05, 0.1) is 5.69 Å². The monoisotopic (exact) mass is 1930 g/mol. The number of hydrogen-bond donors (Lipinski definition) is 2. The van der Waals surface area contributed by atoms with Crippen LogP contribution in [0, 0.1) is 3.70 Å². The van der Waals surface area contributed by atoms with E-state index in [1.807, 2.05) is 54.7 Å². The van der Waals surface area contributed by atoms with Gasteiger partial charge in [-0.25, -0.2) is 4.98 Å². The standard InChI is InChI=1S/4C18H15P.C11H8BrN.C6H7BO2.C5H3BrIN.CH2O3.2K.Pd.H/c4*1-4-10-16(11-5-1)19(17-12-6-2-7-13-17)18-14-8-3-9-15-18;12-10-6-7-11(13-8-10)9-4-2-1-3-5-9;8-7(9)6-4-2-1-3-5-6;6-4-1-2-5(7)8-3-4;2-1-4-3;;;;/h4*1-15H;1-8H;1-5,8-9H;1-3H;1,3H;;;;/q;;;;;;;;2*+1;;-1/p-1. The van der Waals surface area contributed by atoms with Crippen LogP contribution in [0.5, 0.6) is 0 Å². The molecule has 0 saturated carbocycles. The van der Waals surface area contributed by atoms with Gasteiger partial charge in [-0.3, -0.25) is 9.78 Å². The van der Waals surface area contributed by atoms with Crippen LogP contribution in [-0.4, -0.2) is 33.6 Å². The summed E-state index contributed by atoms with van der Waals surface area (Å²) in [7, 11) is -3.13. The number of carbonyl (C=O) groups excluding carboxylic acids is 1. The van der Waals surface area contributed by atoms with E-state index in [1.165, 1.54) is 63.7 Å². The average molecular weight is 1940 g/mol. The minimum Gasteiger partial charge on any atom is -1.00 e. The van der Waals surface area contributed by atoms with E-state index < -0.39 is 38.8 Å². The van der Waals surface area contributed by atoms with Gasteiger partial charge >= 0.3 is 110 Å². The summed E-state index contributed by atoms with van der Waals surface area (Å²) in [6, 6.07) is 156. The van der Waals surface area contributed by atoms with E-state index in [2.05, 4.69) is 445 Å². The molecular weight excluding hydrogens is 1860 g/mol. The summed E-state index contributed by atoms with van der Waals surface area (Å²) in [6.45, 7) is -0.181. The first kappa shape index (κ1) is 96.0. The summed E-state index contributed by atoms with van der Waals surface area (Å²) < 4.78 is 3.05. The van der Waals surface area contributed by atoms with Crippen molar-refractivity contribution in [2.24, 2.45) is 0 Å². The zero-order valence-corrected chi connectivity index (χ0v) is 79.0. The normalized spacial score (nSPS) is 9.82. The fraction of sp³-hybridized carbons (Fsp3) is 0. The SMILES string of the molecule is Brc1ccc(-c2ccccc2)nc1.Brc1ccc(I)nc1.O=CO[O-].OB(O)c1ccccc1.[H-].[K+].[K+].[Pd].c1ccc(P(c2ccccc2)c2ccccc2)cc1.c1ccc(P(c2ccccc2)c2ccccc2)cc1.c1ccc(P(c2ccccc2)c2ccccc2)cc1.c1ccc(P(c2ccccc2)c2ccccc2)cc1. The first-order valence-electron chi connectivity index (χ1n) is 35.1. The van der Waals surface area contributed by atoms with Crippen molar-refractivity contribution in [3.05, 3.63) is 474 Å². The molecule has 0 aliphatic rings. The van der Waals surface area contributed by atoms with Gasteiger partial charge in [0.1, 0.15) is 3.70 Å². The molecule has 0 aliphatic heterocycles. The maximum absolute atomic E-state index is 8.64. The van der Waals surface area contributed by atoms with E-state index >= 15 is 0 Å². The Morgan fingerprint density at radius 2 is 0.478 bits per heavy atom. The Labute approximate surface area is 802 Å². The number of hydrogen-bond acceptors (Lipinski definition) is 7. The zero-order chi connectivity index (χ0) is 76.8. The Balaban J connectivity index is 0.000000238. The Kier molecular flexibility index (Phi) is 48.6. The van der Waals surface area contributed by atoms with E-state index in [-0.39, 0.29) is 131 Å². The minimum absolute atomic E-state index is 0. The second kappa shape index (κ2) is 57.3. The molecule has 0 amide bonds. The third-order valence-electron chi connectivity index (χ3n) is 15.8. The molecule has 0 saturated heterocycles. The van der Waals surface area contributed by atoms with Crippen molar-refractivity contribution in [1.82, 2.24) is 9.97 Å². The van der Waals surface area contributed by atoms with Gasteiger partial charge in [0.15, 0.2) is 0 Å². The average Bonchev–Trinajstić information content (AvgIpc) is 0.830. The van der Waals surface area contributed by atoms with Crippen LogP contribution in [0.3, 0.4) is 0 Å². The van der Waals surface area contributed by atoms with Crippen LogP contribution in [0.2, 0.25) is 0 Å². The van der Waals surface area contributed by atoms with Crippen molar-refractivity contribution in [2.75, 3.05) is 0 Å². The van der Waals surface area contributed by atoms with E-state index in [1.54, 1.807) is 30.5 Å². The molecule has 0 bridgehead atoms. The van der Waals surface area contributed by atoms with Gasteiger partial charge in [0.2, 0.25) is 0 Å². The minimum atomic E-state index is -1.34. The summed E-state index contributed by atoms with van der Waals surface area (Å²) in [4.78, 5) is 19.6. The molecular formula is C95H80BBr2IK2N2O5P4Pd. The van der Waals surface area contributed by atoms with Crippen LogP contribution in [0.1, 0.15) is 1.43 Å². The maximum atomic E-state index is 8.64. The summed E-state index contributed by atoms with van der Waals surface area (Å²) in [6.07, 6.45) is 3.59. The molecule has 113 heavy (non-hydrogen) atoms. The number of aromatic nitrogens is 2. The van der Waals surface area contributed by atoms with Crippen molar-refractivity contribution in [1.29, 1.82) is 0 Å². The molecule has 556 valence electrons. The van der Waals surface area contributed by atoms with Crippen LogP contribution in [0.15, 0.2) is 470 Å². The Hall–Kier alpha value is -5.86. The van der Waals surface area contributed by atoms with Crippen molar-refractivity contribution in [3.8, 4) is 11.3 Å². The molecule has 0 aliphatic carbocycles. The quantitative estimate of drug-likeness (QED) is 0.0200. The number of carbonyl (C=O) groups is 1. The molecule has 16 aromatic rings. The number of benzene rings is 14. The molecule has 0 spiro atoms. The number of rotatable bonds is 15. The van der Waals surface area contributed by atoms with Gasteiger partial charge in [0, 0.05) is 47.3 Å². The molecule has 14 aromatic carbocycles. The smallest absolute Gasteiger partial charge is 1.00 e. The van der Waals surface area contributed by atoms with Crippen molar-refractivity contribution in [2.45, 2.75) is 0 Å². The summed E-state index contributed by atoms with van der Waals surface area (Å²) in [5.41, 5.74) is 2.68. The van der Waals surface area contributed by atoms with E-state index in [9.17, 15) is 0 Å². The van der Waals surface area contributed by atoms with Gasteiger partial charge in [-0.1, -0.05) is 425 Å². The third-order valence-corrected chi connectivity index (χ3v) is 27.1. The van der Waals surface area contributed by atoms with E-state index in [0.29, 0.717) is 5.46 Å². The maximum Gasteiger partial charge on any atom is 1.00 e. The number of halogens is 3. The molecule has 18 heteroatoms. The topological polar surface area (TPSA) is 116 Å². The van der Waals surface area contributed by atoms with Gasteiger partial charge in [-0.05, 0) is 180 Å². The first-order chi connectivity index (χ1) is 54.2. The van der Waals surface area contributed by atoms with Crippen LogP contribution >= 0.6 is 86.1 Å². The van der Waals surface area contributed by atoms with Crippen LogP contribution in [-0.2, 0) is 30.1 Å². The van der Waals surface area contributed by atoms with E-state index in [0.717, 1.165) is 23.9 Å². The second-order valence-electron chi connectivity index (χ2n) is 23.4. The Morgan fingerprint density at radius 1 is 0.301 bits per heavy atom. The zero-order valence-electron chi connectivity index (χ0n) is 63.3. The van der Waals surface area contributed by atoms with Crippen molar-refractivity contribution in [3.63, 3.8) is 0 Å². The molecule has 16 rings (SSSR count). The predicted molar refractivity (Wildman–Crippen MR) is 487 cm³/mol. The third kappa shape index (κ3) is 34.3. The fourth-order valence-electron chi connectivity index (χ4n) is 10.9. The predicted octanol–water partition coefficient (Wildman–Crippen LogP) is 11.7. The molecule has 0 radical (unpaired) electrons. The number of nitrogens with zero attached hydrogens (tertiary/aromatic N) is 2. The fourth-order valence-corrected chi connectivity index (χ4v) is 20.9. The molecule has 0 unspecified atom stereocenters. The van der Waals surface area contributed by atoms with Crippen molar-refractivity contribution >= 4 is 169 Å². The number of pyridine rings is 2. The Morgan fingerprint density at radius 3 is 0.619 bits per heavy atom. The summed E-state index contributed by atoms with van der Waals surface area (Å²) in [5.74, 6) is 0. The molecule has 0 atom stereocenters.